The Balaban J connectivity index is 1.86. The van der Waals surface area contributed by atoms with Gasteiger partial charge in [0.15, 0.2) is 0 Å². The van der Waals surface area contributed by atoms with Crippen LogP contribution in [0.15, 0.2) is 6.20 Å². The fourth-order valence-corrected chi connectivity index (χ4v) is 2.85. The number of amides is 2. The summed E-state index contributed by atoms with van der Waals surface area (Å²) in [5, 5.41) is 3.57. The Bertz CT molecular complexity index is 474. The van der Waals surface area contributed by atoms with E-state index in [0.717, 1.165) is 18.1 Å². The van der Waals surface area contributed by atoms with Gasteiger partial charge in [0.05, 0.1) is 18.1 Å². The van der Waals surface area contributed by atoms with Gasteiger partial charge < -0.3 is 10.2 Å². The van der Waals surface area contributed by atoms with Crippen molar-refractivity contribution in [2.45, 2.75) is 13.5 Å². The van der Waals surface area contributed by atoms with Crippen LogP contribution in [0.3, 0.4) is 0 Å². The number of aryl methyl sites for hydroxylation is 1. The van der Waals surface area contributed by atoms with Crippen molar-refractivity contribution in [1.29, 1.82) is 0 Å². The number of likely N-dealkylation sites (N-methyl/N-ethyl adjacent to an activating group) is 1. The third-order valence-electron chi connectivity index (χ3n) is 3.06. The fourth-order valence-electron chi connectivity index (χ4n) is 2.01. The van der Waals surface area contributed by atoms with Crippen LogP contribution in [0, 0.1) is 6.92 Å². The van der Waals surface area contributed by atoms with Crippen LogP contribution in [0.5, 0.6) is 0 Å². The van der Waals surface area contributed by atoms with Gasteiger partial charge >= 0.3 is 0 Å². The Kier molecular flexibility index (Phi) is 4.49. The van der Waals surface area contributed by atoms with Crippen LogP contribution in [0.2, 0.25) is 0 Å². The minimum atomic E-state index is -0.125. The first-order valence-electron chi connectivity index (χ1n) is 6.20. The van der Waals surface area contributed by atoms with Crippen LogP contribution in [-0.4, -0.2) is 59.8 Å². The van der Waals surface area contributed by atoms with Gasteiger partial charge in [-0.05, 0) is 6.92 Å². The maximum absolute atomic E-state index is 11.9. The number of piperazine rings is 1. The molecular weight excluding hydrogens is 264 g/mol. The summed E-state index contributed by atoms with van der Waals surface area (Å²) in [5.74, 6) is -0.115. The predicted octanol–water partition coefficient (Wildman–Crippen LogP) is -0.158. The molecule has 1 saturated heterocycles. The summed E-state index contributed by atoms with van der Waals surface area (Å²) in [6.45, 7) is 4.65. The van der Waals surface area contributed by atoms with Crippen LogP contribution < -0.4 is 5.32 Å². The summed E-state index contributed by atoms with van der Waals surface area (Å²) in [6.07, 6.45) is 1.86. The van der Waals surface area contributed by atoms with Crippen molar-refractivity contribution < 1.29 is 9.59 Å². The molecule has 0 unspecified atom stereocenters. The first-order valence-corrected chi connectivity index (χ1v) is 7.02. The summed E-state index contributed by atoms with van der Waals surface area (Å²) < 4.78 is 0. The van der Waals surface area contributed by atoms with Crippen molar-refractivity contribution in [2.75, 3.05) is 33.2 Å². The second kappa shape index (κ2) is 6.12. The third kappa shape index (κ3) is 3.74. The maximum Gasteiger partial charge on any atom is 0.239 e. The standard InChI is InChI=1S/C12H18N4O2S/c1-9-14-5-10(19-9)6-15-3-4-16(12(18)8-15)7-11(17)13-2/h5H,3-4,6-8H2,1-2H3,(H,13,17). The Morgan fingerprint density at radius 2 is 2.32 bits per heavy atom. The molecule has 0 aromatic carbocycles. The minimum absolute atomic E-state index is 0.0103. The van der Waals surface area contributed by atoms with E-state index in [-0.39, 0.29) is 18.4 Å². The van der Waals surface area contributed by atoms with Crippen molar-refractivity contribution in [3.8, 4) is 0 Å². The normalized spacial score (nSPS) is 16.7. The van der Waals surface area contributed by atoms with Crippen molar-refractivity contribution in [3.63, 3.8) is 0 Å². The Morgan fingerprint density at radius 1 is 1.53 bits per heavy atom. The summed E-state index contributed by atoms with van der Waals surface area (Å²) in [7, 11) is 1.58. The number of nitrogens with zero attached hydrogens (tertiary/aromatic N) is 3. The van der Waals surface area contributed by atoms with E-state index in [1.165, 1.54) is 4.88 Å². The summed E-state index contributed by atoms with van der Waals surface area (Å²) >= 11 is 1.66. The highest BCUT2D eigenvalue weighted by atomic mass is 32.1. The lowest BCUT2D eigenvalue weighted by Crippen LogP contribution is -2.52. The smallest absolute Gasteiger partial charge is 0.239 e. The van der Waals surface area contributed by atoms with E-state index in [9.17, 15) is 9.59 Å². The van der Waals surface area contributed by atoms with Gasteiger partial charge in [-0.25, -0.2) is 4.98 Å². The highest BCUT2D eigenvalue weighted by molar-refractivity contribution is 7.11. The first kappa shape index (κ1) is 14.0. The number of thiazole rings is 1. The number of rotatable bonds is 4. The molecule has 104 valence electrons. The third-order valence-corrected chi connectivity index (χ3v) is 3.96. The molecule has 0 aliphatic carbocycles. The van der Waals surface area contributed by atoms with Crippen molar-refractivity contribution in [1.82, 2.24) is 20.1 Å². The van der Waals surface area contributed by atoms with E-state index in [4.69, 9.17) is 0 Å². The molecule has 1 N–H and O–H groups in total. The summed E-state index contributed by atoms with van der Waals surface area (Å²) in [6, 6.07) is 0. The number of carbonyl (C=O) groups is 2. The minimum Gasteiger partial charge on any atom is -0.358 e. The Hall–Kier alpha value is -1.47. The topological polar surface area (TPSA) is 65.5 Å². The molecule has 1 aliphatic rings. The quantitative estimate of drug-likeness (QED) is 0.833. The molecule has 2 amide bonds. The highest BCUT2D eigenvalue weighted by Crippen LogP contribution is 2.15. The van der Waals surface area contributed by atoms with E-state index in [2.05, 4.69) is 15.2 Å². The van der Waals surface area contributed by atoms with E-state index in [1.807, 2.05) is 13.1 Å². The Morgan fingerprint density at radius 3 is 2.89 bits per heavy atom. The maximum atomic E-state index is 11.9. The molecule has 7 heteroatoms. The highest BCUT2D eigenvalue weighted by Gasteiger charge is 2.25. The molecule has 2 rings (SSSR count). The van der Waals surface area contributed by atoms with Crippen molar-refractivity contribution in [3.05, 3.63) is 16.1 Å². The zero-order chi connectivity index (χ0) is 13.8. The average molecular weight is 282 g/mol. The zero-order valence-corrected chi connectivity index (χ0v) is 12.0. The van der Waals surface area contributed by atoms with E-state index in [0.29, 0.717) is 13.1 Å². The van der Waals surface area contributed by atoms with Gasteiger partial charge in [0.2, 0.25) is 11.8 Å². The average Bonchev–Trinajstić information content (AvgIpc) is 2.78. The van der Waals surface area contributed by atoms with Crippen molar-refractivity contribution in [2.24, 2.45) is 0 Å². The fraction of sp³-hybridized carbons (Fsp3) is 0.583. The molecular formula is C12H18N4O2S. The van der Waals surface area contributed by atoms with Crippen LogP contribution in [0.25, 0.3) is 0 Å². The molecule has 0 bridgehead atoms. The number of aromatic nitrogens is 1. The van der Waals surface area contributed by atoms with Gasteiger partial charge in [0.25, 0.3) is 0 Å². The van der Waals surface area contributed by atoms with Crippen LogP contribution >= 0.6 is 11.3 Å². The van der Waals surface area contributed by atoms with Gasteiger partial charge in [-0.1, -0.05) is 0 Å². The monoisotopic (exact) mass is 282 g/mol. The molecule has 1 aromatic heterocycles. The molecule has 0 radical (unpaired) electrons. The van der Waals surface area contributed by atoms with Crippen molar-refractivity contribution >= 4 is 23.2 Å². The zero-order valence-electron chi connectivity index (χ0n) is 11.2. The SMILES string of the molecule is CNC(=O)CN1CCN(Cc2cnc(C)s2)CC1=O. The largest absolute Gasteiger partial charge is 0.358 e. The number of hydrogen-bond donors (Lipinski definition) is 1. The number of carbonyl (C=O) groups excluding carboxylic acids is 2. The van der Waals surface area contributed by atoms with Gasteiger partial charge in [-0.3, -0.25) is 14.5 Å². The second-order valence-electron chi connectivity index (χ2n) is 4.54. The molecule has 0 atom stereocenters. The van der Waals surface area contributed by atoms with Crippen LogP contribution in [0.4, 0.5) is 0 Å². The van der Waals surface area contributed by atoms with Gasteiger partial charge in [0.1, 0.15) is 0 Å². The molecule has 19 heavy (non-hydrogen) atoms. The van der Waals surface area contributed by atoms with E-state index in [1.54, 1.807) is 23.3 Å². The number of nitrogens with one attached hydrogen (secondary N) is 1. The lowest BCUT2D eigenvalue weighted by molar-refractivity contribution is -0.140. The number of hydrogen-bond acceptors (Lipinski definition) is 5. The predicted molar refractivity (Wildman–Crippen MR) is 72.8 cm³/mol. The molecule has 1 aromatic rings. The van der Waals surface area contributed by atoms with Gasteiger partial charge in [-0.15, -0.1) is 11.3 Å². The summed E-state index contributed by atoms with van der Waals surface area (Å²) in [5.41, 5.74) is 0. The van der Waals surface area contributed by atoms with Gasteiger partial charge in [0, 0.05) is 37.8 Å². The van der Waals surface area contributed by atoms with E-state index >= 15 is 0 Å². The molecule has 6 nitrogen and oxygen atoms in total. The Labute approximate surface area is 116 Å². The van der Waals surface area contributed by atoms with Crippen LogP contribution in [0.1, 0.15) is 9.88 Å². The second-order valence-corrected chi connectivity index (χ2v) is 5.86. The molecule has 1 aliphatic heterocycles. The summed E-state index contributed by atoms with van der Waals surface area (Å²) in [4.78, 5) is 32.3. The molecule has 0 saturated carbocycles. The molecule has 2 heterocycles. The van der Waals surface area contributed by atoms with Crippen LogP contribution in [-0.2, 0) is 16.1 Å². The van der Waals surface area contributed by atoms with E-state index < -0.39 is 0 Å². The lowest BCUT2D eigenvalue weighted by Gasteiger charge is -2.33. The molecule has 0 spiro atoms. The van der Waals surface area contributed by atoms with Gasteiger partial charge in [-0.2, -0.15) is 0 Å². The lowest BCUT2D eigenvalue weighted by atomic mass is 10.3. The molecule has 1 fully saturated rings. The first-order chi connectivity index (χ1) is 9.08.